The maximum Gasteiger partial charge on any atom is 0.335 e. The number of tetrazole rings is 1. The average Bonchev–Trinajstić information content (AvgIpc) is 3.33. The number of nitrogens with one attached hydrogen (secondary N) is 2. The molecule has 1 heterocycles. The molecule has 8 nitrogen and oxygen atoms in total. The van der Waals surface area contributed by atoms with E-state index in [9.17, 15) is 9.90 Å². The monoisotopic (exact) mass is 419 g/mol. The van der Waals surface area contributed by atoms with Crippen LogP contribution in [0.25, 0.3) is 22.5 Å². The van der Waals surface area contributed by atoms with Gasteiger partial charge in [0.1, 0.15) is 5.75 Å². The first-order chi connectivity index (χ1) is 14.7. The number of aromatic nitrogens is 4. The van der Waals surface area contributed by atoms with E-state index in [2.05, 4.69) is 25.3 Å². The molecule has 0 saturated carbocycles. The third-order valence-electron chi connectivity index (χ3n) is 4.40. The molecule has 150 valence electrons. The van der Waals surface area contributed by atoms with Crippen LogP contribution in [-0.2, 0) is 0 Å². The predicted molar refractivity (Wildman–Crippen MR) is 114 cm³/mol. The van der Waals surface area contributed by atoms with Crippen LogP contribution in [0.4, 0.5) is 5.69 Å². The normalized spacial score (nSPS) is 10.6. The molecule has 0 atom stereocenters. The Balaban J connectivity index is 1.71. The topological polar surface area (TPSA) is 113 Å². The number of nitrogens with zero attached hydrogens (tertiary/aromatic N) is 3. The molecule has 0 aliphatic heterocycles. The molecule has 0 fully saturated rings. The Bertz CT molecular complexity index is 1170. The lowest BCUT2D eigenvalue weighted by Crippen LogP contribution is -1.99. The second-order valence-corrected chi connectivity index (χ2v) is 7.10. The van der Waals surface area contributed by atoms with Gasteiger partial charge in [-0.25, -0.2) is 9.89 Å². The van der Waals surface area contributed by atoms with Crippen molar-refractivity contribution in [1.29, 1.82) is 0 Å². The number of carboxylic acids is 1. The number of benzene rings is 3. The van der Waals surface area contributed by atoms with Crippen molar-refractivity contribution in [1.82, 2.24) is 20.6 Å². The van der Waals surface area contributed by atoms with Crippen LogP contribution in [0.5, 0.6) is 5.75 Å². The van der Waals surface area contributed by atoms with Crippen molar-refractivity contribution in [3.8, 4) is 28.3 Å². The molecule has 0 radical (unpaired) electrons. The van der Waals surface area contributed by atoms with Crippen LogP contribution in [0.2, 0.25) is 0 Å². The van der Waals surface area contributed by atoms with E-state index >= 15 is 0 Å². The third kappa shape index (κ3) is 4.11. The Morgan fingerprint density at radius 3 is 2.60 bits per heavy atom. The smallest absolute Gasteiger partial charge is 0.335 e. The first-order valence-electron chi connectivity index (χ1n) is 8.93. The van der Waals surface area contributed by atoms with Gasteiger partial charge >= 0.3 is 5.97 Å². The molecule has 0 bridgehead atoms. The predicted octanol–water partition coefficient (Wildman–Crippen LogP) is 4.36. The molecule has 3 aromatic carbocycles. The fraction of sp³-hybridized carbons (Fsp3) is 0.0476. The van der Waals surface area contributed by atoms with Gasteiger partial charge in [-0.1, -0.05) is 42.5 Å². The molecule has 30 heavy (non-hydrogen) atoms. The minimum atomic E-state index is -0.996. The molecule has 0 spiro atoms. The summed E-state index contributed by atoms with van der Waals surface area (Å²) in [4.78, 5) is 12.0. The van der Waals surface area contributed by atoms with Gasteiger partial charge in [0, 0.05) is 11.1 Å². The second kappa shape index (κ2) is 8.66. The molecule has 0 saturated heterocycles. The van der Waals surface area contributed by atoms with Gasteiger partial charge in [-0.3, -0.25) is 0 Å². The second-order valence-electron chi connectivity index (χ2n) is 6.25. The molecule has 9 heteroatoms. The summed E-state index contributed by atoms with van der Waals surface area (Å²) in [7, 11) is 1.55. The van der Waals surface area contributed by atoms with Crippen LogP contribution < -0.4 is 9.46 Å². The summed E-state index contributed by atoms with van der Waals surface area (Å²) in [5, 5.41) is 23.3. The van der Waals surface area contributed by atoms with Crippen molar-refractivity contribution in [3.05, 3.63) is 72.3 Å². The van der Waals surface area contributed by atoms with E-state index in [0.717, 1.165) is 22.4 Å². The van der Waals surface area contributed by atoms with Crippen LogP contribution in [-0.4, -0.2) is 38.8 Å². The average molecular weight is 419 g/mol. The third-order valence-corrected chi connectivity index (χ3v) is 5.27. The van der Waals surface area contributed by atoms with E-state index in [4.69, 9.17) is 4.74 Å². The molecule has 0 unspecified atom stereocenters. The standard InChI is InChI=1S/C21H17N5O3S/c1-29-18-10-8-15(21(27)28)12-19(18)30-24-17-11-14(20-22-25-26-23-20)7-9-16(17)13-5-3-2-4-6-13/h2-12,24H,1H3,(H,27,28)(H,22,23,25,26). The van der Waals surface area contributed by atoms with Crippen molar-refractivity contribution in [3.63, 3.8) is 0 Å². The van der Waals surface area contributed by atoms with Crippen LogP contribution in [0.15, 0.2) is 71.6 Å². The molecule has 0 aliphatic rings. The number of carboxylic acid groups (broad SMARTS) is 1. The lowest BCUT2D eigenvalue weighted by molar-refractivity contribution is 0.0696. The van der Waals surface area contributed by atoms with Crippen molar-refractivity contribution in [2.24, 2.45) is 0 Å². The van der Waals surface area contributed by atoms with E-state index in [-0.39, 0.29) is 5.56 Å². The summed E-state index contributed by atoms with van der Waals surface area (Å²) < 4.78 is 8.71. The van der Waals surface area contributed by atoms with Gasteiger partial charge in [0.15, 0.2) is 5.82 Å². The van der Waals surface area contributed by atoms with Crippen molar-refractivity contribution >= 4 is 23.6 Å². The number of carbonyl (C=O) groups is 1. The van der Waals surface area contributed by atoms with Gasteiger partial charge in [0.2, 0.25) is 0 Å². The first-order valence-corrected chi connectivity index (χ1v) is 9.75. The zero-order valence-electron chi connectivity index (χ0n) is 15.9. The number of aromatic amines is 1. The Morgan fingerprint density at radius 1 is 1.07 bits per heavy atom. The Kier molecular flexibility index (Phi) is 5.62. The highest BCUT2D eigenvalue weighted by Crippen LogP contribution is 2.36. The van der Waals surface area contributed by atoms with E-state index in [0.29, 0.717) is 16.5 Å². The Morgan fingerprint density at radius 2 is 1.90 bits per heavy atom. The fourth-order valence-electron chi connectivity index (χ4n) is 2.93. The lowest BCUT2D eigenvalue weighted by Gasteiger charge is -2.15. The number of methoxy groups -OCH3 is 1. The van der Waals surface area contributed by atoms with Crippen molar-refractivity contribution in [2.75, 3.05) is 11.8 Å². The van der Waals surface area contributed by atoms with Crippen molar-refractivity contribution < 1.29 is 14.6 Å². The van der Waals surface area contributed by atoms with Crippen LogP contribution in [0.1, 0.15) is 10.4 Å². The summed E-state index contributed by atoms with van der Waals surface area (Å²) in [6.45, 7) is 0. The highest BCUT2D eigenvalue weighted by Gasteiger charge is 2.13. The minimum Gasteiger partial charge on any atom is -0.496 e. The fourth-order valence-corrected chi connectivity index (χ4v) is 3.75. The van der Waals surface area contributed by atoms with Crippen molar-refractivity contribution in [2.45, 2.75) is 4.90 Å². The van der Waals surface area contributed by atoms with Gasteiger partial charge in [-0.2, -0.15) is 0 Å². The Labute approximate surface area is 176 Å². The number of rotatable bonds is 7. The van der Waals surface area contributed by atoms with Gasteiger partial charge in [-0.05, 0) is 52.2 Å². The number of aromatic carboxylic acids is 1. The molecule has 4 aromatic rings. The quantitative estimate of drug-likeness (QED) is 0.379. The molecule has 4 rings (SSSR count). The zero-order valence-corrected chi connectivity index (χ0v) is 16.7. The number of hydrogen-bond acceptors (Lipinski definition) is 7. The molecule has 3 N–H and O–H groups in total. The maximum atomic E-state index is 11.3. The summed E-state index contributed by atoms with van der Waals surface area (Å²) in [5.74, 6) is 0.131. The number of anilines is 1. The summed E-state index contributed by atoms with van der Waals surface area (Å²) >= 11 is 1.27. The van der Waals surface area contributed by atoms with E-state index < -0.39 is 5.97 Å². The van der Waals surface area contributed by atoms with Gasteiger partial charge in [0.05, 0.1) is 23.3 Å². The summed E-state index contributed by atoms with van der Waals surface area (Å²) in [6.07, 6.45) is 0. The van der Waals surface area contributed by atoms with Crippen LogP contribution in [0, 0.1) is 0 Å². The van der Waals surface area contributed by atoms with Gasteiger partial charge < -0.3 is 14.6 Å². The van der Waals surface area contributed by atoms with E-state index in [1.54, 1.807) is 19.2 Å². The molecular weight excluding hydrogens is 402 g/mol. The molecule has 0 aliphatic carbocycles. The number of H-pyrrole nitrogens is 1. The maximum absolute atomic E-state index is 11.3. The lowest BCUT2D eigenvalue weighted by atomic mass is 10.0. The molecule has 0 amide bonds. The zero-order chi connectivity index (χ0) is 20.9. The Hall–Kier alpha value is -3.85. The first kappa shape index (κ1) is 19.5. The number of ether oxygens (including phenoxy) is 1. The number of hydrogen-bond donors (Lipinski definition) is 3. The highest BCUT2D eigenvalue weighted by molar-refractivity contribution is 8.00. The summed E-state index contributed by atoms with van der Waals surface area (Å²) in [6, 6.07) is 20.5. The molecule has 1 aromatic heterocycles. The van der Waals surface area contributed by atoms with E-state index in [1.807, 2.05) is 48.5 Å². The van der Waals surface area contributed by atoms with Crippen LogP contribution in [0.3, 0.4) is 0 Å². The highest BCUT2D eigenvalue weighted by atomic mass is 32.2. The largest absolute Gasteiger partial charge is 0.496 e. The van der Waals surface area contributed by atoms with Gasteiger partial charge in [0.25, 0.3) is 0 Å². The summed E-state index contributed by atoms with van der Waals surface area (Å²) in [5.41, 5.74) is 3.84. The minimum absolute atomic E-state index is 0.185. The van der Waals surface area contributed by atoms with E-state index in [1.165, 1.54) is 18.0 Å². The molecular formula is C21H17N5O3S. The SMILES string of the molecule is COc1ccc(C(=O)O)cc1SNc1cc(-c2nnn[nH]2)ccc1-c1ccccc1. The van der Waals surface area contributed by atoms with Gasteiger partial charge in [-0.15, -0.1) is 5.10 Å². The van der Waals surface area contributed by atoms with Crippen LogP contribution >= 0.6 is 11.9 Å².